The summed E-state index contributed by atoms with van der Waals surface area (Å²) in [5.41, 5.74) is 9.42. The molecule has 196 valence electrons. The molecule has 4 nitrogen and oxygen atoms in total. The van der Waals surface area contributed by atoms with E-state index >= 15 is 0 Å². The molecule has 0 bridgehead atoms. The lowest BCUT2D eigenvalue weighted by molar-refractivity contribution is 0.0746. The van der Waals surface area contributed by atoms with Crippen LogP contribution in [0.5, 0.6) is 0 Å². The number of carbonyl (C=O) groups is 1. The molecule has 6 heteroatoms. The van der Waals surface area contributed by atoms with Gasteiger partial charge in [-0.05, 0) is 55.3 Å². The van der Waals surface area contributed by atoms with Crippen LogP contribution in [0.3, 0.4) is 0 Å². The minimum absolute atomic E-state index is 0.0630. The highest BCUT2D eigenvalue weighted by Gasteiger charge is 2.25. The van der Waals surface area contributed by atoms with Crippen LogP contribution in [-0.4, -0.2) is 42.7 Å². The summed E-state index contributed by atoms with van der Waals surface area (Å²) in [7, 11) is 0. The highest BCUT2D eigenvalue weighted by atomic mass is 35.5. The molecule has 39 heavy (non-hydrogen) atoms. The van der Waals surface area contributed by atoms with E-state index in [1.165, 1.54) is 16.8 Å². The third-order valence-electron chi connectivity index (χ3n) is 7.44. The number of hydrogen-bond donors (Lipinski definition) is 0. The number of alkyl halides is 1. The fourth-order valence-corrected chi connectivity index (χ4v) is 6.52. The first-order chi connectivity index (χ1) is 19.0. The van der Waals surface area contributed by atoms with Crippen molar-refractivity contribution in [2.75, 3.05) is 31.1 Å². The molecule has 4 aromatic carbocycles. The first kappa shape index (κ1) is 25.7. The lowest BCUT2D eigenvalue weighted by Gasteiger charge is -2.37. The molecule has 0 N–H and O–H groups in total. The number of amides is 1. The predicted molar refractivity (Wildman–Crippen MR) is 162 cm³/mol. The van der Waals surface area contributed by atoms with Gasteiger partial charge in [0.25, 0.3) is 5.91 Å². The first-order valence-corrected chi connectivity index (χ1v) is 14.6. The van der Waals surface area contributed by atoms with Crippen LogP contribution >= 0.6 is 23.4 Å². The van der Waals surface area contributed by atoms with E-state index in [0.717, 1.165) is 51.0 Å². The number of nitrogens with zero attached hydrogens (tertiary/aromatic N) is 3. The topological polar surface area (TPSA) is 35.9 Å². The molecule has 6 rings (SSSR count). The Morgan fingerprint density at radius 1 is 0.872 bits per heavy atom. The summed E-state index contributed by atoms with van der Waals surface area (Å²) < 4.78 is 0. The molecule has 1 fully saturated rings. The SMILES string of the molecule is Cc1ccc(N2CCN(C(=O)c3ccc4c(c3)N=C(c3ccc(CCl)cc3)c3ccccc3S4)CC2)c(C)c1. The van der Waals surface area contributed by atoms with Gasteiger partial charge < -0.3 is 9.80 Å². The maximum absolute atomic E-state index is 13.6. The summed E-state index contributed by atoms with van der Waals surface area (Å²) in [5.74, 6) is 0.542. The van der Waals surface area contributed by atoms with Crippen LogP contribution < -0.4 is 4.90 Å². The van der Waals surface area contributed by atoms with Gasteiger partial charge in [-0.15, -0.1) is 11.6 Å². The molecule has 0 unspecified atom stereocenters. The Bertz CT molecular complexity index is 1570. The van der Waals surface area contributed by atoms with E-state index in [0.29, 0.717) is 24.5 Å². The molecule has 0 radical (unpaired) electrons. The minimum atomic E-state index is 0.0630. The van der Waals surface area contributed by atoms with E-state index in [9.17, 15) is 4.79 Å². The number of hydrogen-bond acceptors (Lipinski definition) is 4. The fraction of sp³-hybridized carbons (Fsp3) is 0.212. The maximum Gasteiger partial charge on any atom is 0.254 e. The third-order valence-corrected chi connectivity index (χ3v) is 8.89. The van der Waals surface area contributed by atoms with Crippen molar-refractivity contribution in [3.63, 3.8) is 0 Å². The van der Waals surface area contributed by atoms with Crippen LogP contribution in [0.25, 0.3) is 0 Å². The third kappa shape index (κ3) is 5.21. The molecule has 4 aromatic rings. The number of fused-ring (bicyclic) bond motifs is 2. The van der Waals surface area contributed by atoms with E-state index in [-0.39, 0.29) is 5.91 Å². The Hall–Kier alpha value is -3.54. The molecule has 0 aromatic heterocycles. The molecular formula is C33H30ClN3OS. The van der Waals surface area contributed by atoms with Gasteiger partial charge in [0.1, 0.15) is 0 Å². The fourth-order valence-electron chi connectivity index (χ4n) is 5.34. The van der Waals surface area contributed by atoms with Crippen LogP contribution in [0.4, 0.5) is 11.4 Å². The molecular weight excluding hydrogens is 522 g/mol. The molecule has 0 saturated carbocycles. The van der Waals surface area contributed by atoms with E-state index in [2.05, 4.69) is 67.3 Å². The zero-order valence-corrected chi connectivity index (χ0v) is 23.7. The van der Waals surface area contributed by atoms with Crippen molar-refractivity contribution in [1.82, 2.24) is 4.90 Å². The van der Waals surface area contributed by atoms with Gasteiger partial charge in [0.15, 0.2) is 0 Å². The van der Waals surface area contributed by atoms with Crippen LogP contribution in [-0.2, 0) is 5.88 Å². The Morgan fingerprint density at radius 2 is 1.64 bits per heavy atom. The lowest BCUT2D eigenvalue weighted by atomic mass is 10.0. The van der Waals surface area contributed by atoms with Crippen LogP contribution in [0, 0.1) is 13.8 Å². The van der Waals surface area contributed by atoms with Crippen LogP contribution in [0.2, 0.25) is 0 Å². The van der Waals surface area contributed by atoms with Crippen molar-refractivity contribution in [1.29, 1.82) is 0 Å². The van der Waals surface area contributed by atoms with Crippen molar-refractivity contribution >= 4 is 46.4 Å². The normalized spacial score (nSPS) is 14.8. The molecule has 2 aliphatic heterocycles. The summed E-state index contributed by atoms with van der Waals surface area (Å²) in [4.78, 5) is 25.3. The number of rotatable bonds is 4. The van der Waals surface area contributed by atoms with Crippen molar-refractivity contribution in [2.45, 2.75) is 29.5 Å². The number of carbonyl (C=O) groups excluding carboxylic acids is 1. The number of halogens is 1. The molecule has 2 aliphatic rings. The zero-order valence-electron chi connectivity index (χ0n) is 22.2. The number of aryl methyl sites for hydroxylation is 2. The zero-order chi connectivity index (χ0) is 26.9. The second-order valence-electron chi connectivity index (χ2n) is 10.1. The Kier molecular flexibility index (Phi) is 7.20. The lowest BCUT2D eigenvalue weighted by Crippen LogP contribution is -2.49. The van der Waals surface area contributed by atoms with Crippen LogP contribution in [0.1, 0.15) is 38.2 Å². The van der Waals surface area contributed by atoms with Crippen LogP contribution in [0.15, 0.2) is 99.7 Å². The molecule has 1 saturated heterocycles. The predicted octanol–water partition coefficient (Wildman–Crippen LogP) is 7.64. The van der Waals surface area contributed by atoms with Crippen molar-refractivity contribution in [3.8, 4) is 0 Å². The molecule has 2 heterocycles. The van der Waals surface area contributed by atoms with Crippen molar-refractivity contribution in [2.24, 2.45) is 4.99 Å². The van der Waals surface area contributed by atoms with Gasteiger partial charge in [0.05, 0.1) is 11.4 Å². The number of aliphatic imine (C=N–C) groups is 1. The monoisotopic (exact) mass is 551 g/mol. The molecule has 1 amide bonds. The number of anilines is 1. The first-order valence-electron chi connectivity index (χ1n) is 13.3. The quantitative estimate of drug-likeness (QED) is 0.215. The van der Waals surface area contributed by atoms with Crippen molar-refractivity contribution < 1.29 is 4.79 Å². The summed E-state index contributed by atoms with van der Waals surface area (Å²) >= 11 is 7.73. The standard InChI is InChI=1S/C33H30ClN3OS/c1-22-7-13-29(23(2)19-22)36-15-17-37(18-16-36)33(38)26-12-14-31-28(20-26)35-32(25-10-8-24(21-34)9-11-25)27-5-3-4-6-30(27)39-31/h3-14,19-20H,15-18,21H2,1-2H3. The van der Waals surface area contributed by atoms with Gasteiger partial charge in [-0.2, -0.15) is 0 Å². The van der Waals surface area contributed by atoms with Gasteiger partial charge in [-0.1, -0.05) is 71.9 Å². The average Bonchev–Trinajstić information content (AvgIpc) is 3.13. The highest BCUT2D eigenvalue weighted by Crippen LogP contribution is 2.41. The second-order valence-corrected chi connectivity index (χ2v) is 11.5. The number of piperazine rings is 1. The molecule has 0 spiro atoms. The van der Waals surface area contributed by atoms with Gasteiger partial charge in [0, 0.05) is 64.2 Å². The van der Waals surface area contributed by atoms with Gasteiger partial charge in [-0.3, -0.25) is 4.79 Å². The van der Waals surface area contributed by atoms with Gasteiger partial charge >= 0.3 is 0 Å². The Labute approximate surface area is 239 Å². The largest absolute Gasteiger partial charge is 0.368 e. The van der Waals surface area contributed by atoms with Gasteiger partial charge in [-0.25, -0.2) is 4.99 Å². The van der Waals surface area contributed by atoms with E-state index in [1.54, 1.807) is 11.8 Å². The van der Waals surface area contributed by atoms with E-state index < -0.39 is 0 Å². The van der Waals surface area contributed by atoms with Crippen molar-refractivity contribution in [3.05, 3.63) is 118 Å². The Morgan fingerprint density at radius 3 is 2.38 bits per heavy atom. The summed E-state index contributed by atoms with van der Waals surface area (Å²) in [5, 5.41) is 0. The molecule has 0 aliphatic carbocycles. The van der Waals surface area contributed by atoms with E-state index in [1.807, 2.05) is 41.3 Å². The maximum atomic E-state index is 13.6. The average molecular weight is 552 g/mol. The molecule has 0 atom stereocenters. The smallest absolute Gasteiger partial charge is 0.254 e. The summed E-state index contributed by atoms with van der Waals surface area (Å²) in [6.07, 6.45) is 0. The Balaban J connectivity index is 1.27. The summed E-state index contributed by atoms with van der Waals surface area (Å²) in [6.45, 7) is 7.33. The summed E-state index contributed by atoms with van der Waals surface area (Å²) in [6, 6.07) is 29.1. The minimum Gasteiger partial charge on any atom is -0.368 e. The highest BCUT2D eigenvalue weighted by molar-refractivity contribution is 7.99. The second kappa shape index (κ2) is 10.9. The van der Waals surface area contributed by atoms with Gasteiger partial charge in [0.2, 0.25) is 0 Å². The number of benzene rings is 4. The van der Waals surface area contributed by atoms with E-state index in [4.69, 9.17) is 16.6 Å².